The van der Waals surface area contributed by atoms with E-state index >= 15 is 0 Å². The molecule has 2 aromatic carbocycles. The molecule has 0 aliphatic heterocycles. The summed E-state index contributed by atoms with van der Waals surface area (Å²) in [5, 5.41) is 0. The van der Waals surface area contributed by atoms with Gasteiger partial charge >= 0.3 is 0 Å². The average Bonchev–Trinajstić information content (AvgIpc) is 3.22. The van der Waals surface area contributed by atoms with Crippen molar-refractivity contribution in [2.24, 2.45) is 0 Å². The van der Waals surface area contributed by atoms with E-state index in [0.717, 1.165) is 16.7 Å². The maximum atomic E-state index is 12.8. The second kappa shape index (κ2) is 9.69. The summed E-state index contributed by atoms with van der Waals surface area (Å²) in [4.78, 5) is 4.26. The Morgan fingerprint density at radius 3 is 2.59 bits per heavy atom. The Labute approximate surface area is 171 Å². The second-order valence-electron chi connectivity index (χ2n) is 6.60. The number of ether oxygens (including phenoxy) is 2. The van der Waals surface area contributed by atoms with E-state index in [-0.39, 0.29) is 11.4 Å². The summed E-state index contributed by atoms with van der Waals surface area (Å²) in [6, 6.07) is 12.6. The predicted molar refractivity (Wildman–Crippen MR) is 110 cm³/mol. The standard InChI is InChI=1S/C21H25N3O4S/c1-17-13-20(7-8-21(17)28-12-11-27-2)29(25,26)23-14-18-5-3-4-6-19(18)15-24-10-9-22-16-24/h3-10,13,16,23H,11-12,14-15H2,1-2H3. The number of aromatic nitrogens is 2. The Morgan fingerprint density at radius 1 is 1.10 bits per heavy atom. The molecule has 0 saturated heterocycles. The molecule has 154 valence electrons. The Kier molecular flexibility index (Phi) is 7.03. The van der Waals surface area contributed by atoms with Crippen molar-refractivity contribution in [3.8, 4) is 5.75 Å². The third-order valence-electron chi connectivity index (χ3n) is 4.48. The van der Waals surface area contributed by atoms with E-state index in [2.05, 4.69) is 9.71 Å². The van der Waals surface area contributed by atoms with Crippen LogP contribution in [0.4, 0.5) is 0 Å². The van der Waals surface area contributed by atoms with Crippen LogP contribution >= 0.6 is 0 Å². The van der Waals surface area contributed by atoms with Gasteiger partial charge in [0.15, 0.2) is 0 Å². The molecule has 8 heteroatoms. The van der Waals surface area contributed by atoms with Gasteiger partial charge in [0.05, 0.1) is 17.8 Å². The fraction of sp³-hybridized carbons (Fsp3) is 0.286. The van der Waals surface area contributed by atoms with Crippen LogP contribution in [-0.4, -0.2) is 38.3 Å². The van der Waals surface area contributed by atoms with Crippen molar-refractivity contribution in [2.45, 2.75) is 24.9 Å². The predicted octanol–water partition coefficient (Wildman–Crippen LogP) is 2.74. The molecular formula is C21H25N3O4S. The minimum atomic E-state index is -3.65. The molecule has 1 aromatic heterocycles. The quantitative estimate of drug-likeness (QED) is 0.515. The molecule has 0 aliphatic rings. The van der Waals surface area contributed by atoms with Crippen molar-refractivity contribution < 1.29 is 17.9 Å². The minimum absolute atomic E-state index is 0.207. The summed E-state index contributed by atoms with van der Waals surface area (Å²) in [6.07, 6.45) is 5.33. The number of imidazole rings is 1. The first kappa shape index (κ1) is 21.0. The summed E-state index contributed by atoms with van der Waals surface area (Å²) in [7, 11) is -2.05. The first-order chi connectivity index (χ1) is 14.0. The lowest BCUT2D eigenvalue weighted by Gasteiger charge is -2.13. The molecule has 0 aliphatic carbocycles. The molecule has 0 radical (unpaired) electrons. The van der Waals surface area contributed by atoms with Gasteiger partial charge in [0.25, 0.3) is 0 Å². The van der Waals surface area contributed by atoms with E-state index in [1.807, 2.05) is 42.0 Å². The number of benzene rings is 2. The van der Waals surface area contributed by atoms with Crippen molar-refractivity contribution in [2.75, 3.05) is 20.3 Å². The largest absolute Gasteiger partial charge is 0.491 e. The molecule has 0 fully saturated rings. The number of nitrogens with one attached hydrogen (secondary N) is 1. The fourth-order valence-corrected chi connectivity index (χ4v) is 3.99. The molecular weight excluding hydrogens is 390 g/mol. The average molecular weight is 416 g/mol. The first-order valence-electron chi connectivity index (χ1n) is 9.24. The number of sulfonamides is 1. The van der Waals surface area contributed by atoms with E-state index in [0.29, 0.717) is 25.5 Å². The fourth-order valence-electron chi connectivity index (χ4n) is 2.90. The number of aryl methyl sites for hydroxylation is 1. The van der Waals surface area contributed by atoms with Gasteiger partial charge in [-0.3, -0.25) is 0 Å². The summed E-state index contributed by atoms with van der Waals surface area (Å²) < 4.78 is 40.7. The Hall–Kier alpha value is -2.68. The molecule has 3 aromatic rings. The Morgan fingerprint density at radius 2 is 1.90 bits per heavy atom. The second-order valence-corrected chi connectivity index (χ2v) is 8.36. The van der Waals surface area contributed by atoms with Gasteiger partial charge in [0.1, 0.15) is 12.4 Å². The molecule has 0 amide bonds. The Balaban J connectivity index is 1.70. The highest BCUT2D eigenvalue weighted by Gasteiger charge is 2.16. The lowest BCUT2D eigenvalue weighted by Crippen LogP contribution is -2.24. The highest BCUT2D eigenvalue weighted by atomic mass is 32.2. The number of nitrogens with zero attached hydrogens (tertiary/aromatic N) is 2. The molecule has 0 spiro atoms. The van der Waals surface area contributed by atoms with Crippen LogP contribution in [0.15, 0.2) is 66.1 Å². The van der Waals surface area contributed by atoms with Crippen molar-refractivity contribution in [1.29, 1.82) is 0 Å². The van der Waals surface area contributed by atoms with Crippen LogP contribution in [0.2, 0.25) is 0 Å². The van der Waals surface area contributed by atoms with Gasteiger partial charge in [0.2, 0.25) is 10.0 Å². The summed E-state index contributed by atoms with van der Waals surface area (Å²) in [5.41, 5.74) is 2.71. The van der Waals surface area contributed by atoms with Crippen LogP contribution in [0.5, 0.6) is 5.75 Å². The molecule has 29 heavy (non-hydrogen) atoms. The highest BCUT2D eigenvalue weighted by Crippen LogP contribution is 2.22. The number of rotatable bonds is 10. The zero-order valence-corrected chi connectivity index (χ0v) is 17.4. The first-order valence-corrected chi connectivity index (χ1v) is 10.7. The Bertz CT molecular complexity index is 1030. The van der Waals surface area contributed by atoms with E-state index in [1.165, 1.54) is 0 Å². The van der Waals surface area contributed by atoms with Crippen LogP contribution in [0.25, 0.3) is 0 Å². The zero-order chi connectivity index (χ0) is 20.7. The normalized spacial score (nSPS) is 11.5. The van der Waals surface area contributed by atoms with Crippen molar-refractivity contribution in [1.82, 2.24) is 14.3 Å². The highest BCUT2D eigenvalue weighted by molar-refractivity contribution is 7.89. The molecule has 7 nitrogen and oxygen atoms in total. The van der Waals surface area contributed by atoms with Crippen LogP contribution < -0.4 is 9.46 Å². The number of methoxy groups -OCH3 is 1. The SMILES string of the molecule is COCCOc1ccc(S(=O)(=O)NCc2ccccc2Cn2ccnc2)cc1C. The molecule has 1 N–H and O–H groups in total. The summed E-state index contributed by atoms with van der Waals surface area (Å²) in [6.45, 7) is 3.54. The van der Waals surface area contributed by atoms with Crippen LogP contribution in [-0.2, 0) is 27.8 Å². The lowest BCUT2D eigenvalue weighted by atomic mass is 10.1. The van der Waals surface area contributed by atoms with Gasteiger partial charge in [-0.15, -0.1) is 0 Å². The third-order valence-corrected chi connectivity index (χ3v) is 5.88. The molecule has 3 rings (SSSR count). The van der Waals surface area contributed by atoms with E-state index < -0.39 is 10.0 Å². The molecule has 0 unspecified atom stereocenters. The minimum Gasteiger partial charge on any atom is -0.491 e. The molecule has 0 saturated carbocycles. The van der Waals surface area contributed by atoms with Crippen molar-refractivity contribution in [3.63, 3.8) is 0 Å². The van der Waals surface area contributed by atoms with Gasteiger partial charge in [-0.1, -0.05) is 24.3 Å². The van der Waals surface area contributed by atoms with Crippen molar-refractivity contribution >= 4 is 10.0 Å². The zero-order valence-electron chi connectivity index (χ0n) is 16.5. The van der Waals surface area contributed by atoms with Gasteiger partial charge in [-0.25, -0.2) is 18.1 Å². The van der Waals surface area contributed by atoms with E-state index in [4.69, 9.17) is 9.47 Å². The summed E-state index contributed by atoms with van der Waals surface area (Å²) >= 11 is 0. The van der Waals surface area contributed by atoms with Gasteiger partial charge in [0, 0.05) is 32.6 Å². The van der Waals surface area contributed by atoms with Gasteiger partial charge in [-0.2, -0.15) is 0 Å². The van der Waals surface area contributed by atoms with Crippen LogP contribution in [0.1, 0.15) is 16.7 Å². The topological polar surface area (TPSA) is 82.5 Å². The smallest absolute Gasteiger partial charge is 0.240 e. The third kappa shape index (κ3) is 5.66. The molecule has 0 bridgehead atoms. The molecule has 0 atom stereocenters. The molecule has 1 heterocycles. The maximum Gasteiger partial charge on any atom is 0.240 e. The van der Waals surface area contributed by atoms with Gasteiger partial charge < -0.3 is 14.0 Å². The summed E-state index contributed by atoms with van der Waals surface area (Å²) in [5.74, 6) is 0.645. The van der Waals surface area contributed by atoms with Crippen LogP contribution in [0, 0.1) is 6.92 Å². The monoisotopic (exact) mass is 415 g/mol. The van der Waals surface area contributed by atoms with Crippen molar-refractivity contribution in [3.05, 3.63) is 77.9 Å². The number of hydrogen-bond donors (Lipinski definition) is 1. The van der Waals surface area contributed by atoms with Gasteiger partial charge in [-0.05, 0) is 41.8 Å². The van der Waals surface area contributed by atoms with E-state index in [1.54, 1.807) is 37.8 Å². The lowest BCUT2D eigenvalue weighted by molar-refractivity contribution is 0.146. The van der Waals surface area contributed by atoms with Crippen LogP contribution in [0.3, 0.4) is 0 Å². The number of hydrogen-bond acceptors (Lipinski definition) is 5. The maximum absolute atomic E-state index is 12.8. The van der Waals surface area contributed by atoms with E-state index in [9.17, 15) is 8.42 Å².